The lowest BCUT2D eigenvalue weighted by Gasteiger charge is -2.35. The number of methoxy groups -OCH3 is 1. The van der Waals surface area contributed by atoms with Crippen molar-refractivity contribution in [1.82, 2.24) is 20.2 Å². The zero-order valence-corrected chi connectivity index (χ0v) is 18.9. The van der Waals surface area contributed by atoms with Gasteiger partial charge in [-0.05, 0) is 36.6 Å². The molecule has 7 nitrogen and oxygen atoms in total. The van der Waals surface area contributed by atoms with Crippen molar-refractivity contribution in [2.24, 2.45) is 0 Å². The van der Waals surface area contributed by atoms with Gasteiger partial charge in [0.2, 0.25) is 0 Å². The second-order valence-corrected chi connectivity index (χ2v) is 8.79. The third-order valence-electron chi connectivity index (χ3n) is 6.46. The molecule has 0 aliphatic carbocycles. The van der Waals surface area contributed by atoms with Crippen molar-refractivity contribution in [3.63, 3.8) is 0 Å². The summed E-state index contributed by atoms with van der Waals surface area (Å²) in [5.74, 6) is -0.0835. The highest BCUT2D eigenvalue weighted by molar-refractivity contribution is 6.31. The molecule has 174 valence electrons. The van der Waals surface area contributed by atoms with E-state index in [1.807, 2.05) is 4.90 Å². The number of amides is 1. The quantitative estimate of drug-likeness (QED) is 0.604. The summed E-state index contributed by atoms with van der Waals surface area (Å²) >= 11 is 6.16. The minimum atomic E-state index is -0.542. The van der Waals surface area contributed by atoms with Crippen molar-refractivity contribution in [2.45, 2.75) is 12.3 Å². The Morgan fingerprint density at radius 2 is 2.00 bits per heavy atom. The topological polar surface area (TPSA) is 73.5 Å². The molecule has 2 aliphatic rings. The van der Waals surface area contributed by atoms with Crippen LogP contribution in [0.5, 0.6) is 5.75 Å². The number of piperazine rings is 1. The van der Waals surface area contributed by atoms with E-state index in [0.717, 1.165) is 31.3 Å². The summed E-state index contributed by atoms with van der Waals surface area (Å²) in [7, 11) is 1.47. The number of fused-ring (bicyclic) bond motifs is 1. The molecule has 2 fully saturated rings. The maximum atomic E-state index is 14.8. The minimum Gasteiger partial charge on any atom is -0.493 e. The molecule has 2 aliphatic heterocycles. The summed E-state index contributed by atoms with van der Waals surface area (Å²) in [5.41, 5.74) is 1.56. The van der Waals surface area contributed by atoms with Gasteiger partial charge in [0.15, 0.2) is 17.4 Å². The van der Waals surface area contributed by atoms with E-state index in [9.17, 15) is 13.6 Å². The van der Waals surface area contributed by atoms with Crippen LogP contribution in [0.15, 0.2) is 24.4 Å². The van der Waals surface area contributed by atoms with E-state index in [1.165, 1.54) is 13.2 Å². The van der Waals surface area contributed by atoms with Crippen molar-refractivity contribution in [1.29, 1.82) is 0 Å². The number of benzene rings is 1. The molecule has 4 heterocycles. The monoisotopic (exact) mass is 475 g/mol. The Balaban J connectivity index is 1.37. The molecule has 3 aromatic rings. The maximum absolute atomic E-state index is 14.8. The first-order valence-electron chi connectivity index (χ1n) is 10.9. The van der Waals surface area contributed by atoms with E-state index in [-0.39, 0.29) is 22.4 Å². The first kappa shape index (κ1) is 21.9. The molecule has 1 atom stereocenters. The predicted octanol–water partition coefficient (Wildman–Crippen LogP) is 3.54. The summed E-state index contributed by atoms with van der Waals surface area (Å²) in [4.78, 5) is 24.0. The molecule has 1 amide bonds. The number of anilines is 1. The van der Waals surface area contributed by atoms with E-state index < -0.39 is 11.6 Å². The van der Waals surface area contributed by atoms with E-state index >= 15 is 0 Å². The van der Waals surface area contributed by atoms with Gasteiger partial charge in [0, 0.05) is 44.2 Å². The zero-order valence-electron chi connectivity index (χ0n) is 18.1. The van der Waals surface area contributed by atoms with Gasteiger partial charge in [-0.15, -0.1) is 0 Å². The molecule has 1 unspecified atom stereocenters. The van der Waals surface area contributed by atoms with Crippen LogP contribution in [0.4, 0.5) is 14.6 Å². The second kappa shape index (κ2) is 8.79. The Morgan fingerprint density at radius 3 is 2.70 bits per heavy atom. The Morgan fingerprint density at radius 1 is 1.21 bits per heavy atom. The third-order valence-corrected chi connectivity index (χ3v) is 6.73. The SMILES string of the molecule is COc1cc(F)cnc1N1CCN(C(=O)c2cc3c(C4CCNC4)cc(Cl)c(F)c3[nH]2)CC1. The van der Waals surface area contributed by atoms with Crippen LogP contribution < -0.4 is 15.0 Å². The van der Waals surface area contributed by atoms with Crippen molar-refractivity contribution >= 4 is 34.2 Å². The summed E-state index contributed by atoms with van der Waals surface area (Å²) in [6.45, 7) is 3.61. The molecule has 2 saturated heterocycles. The summed E-state index contributed by atoms with van der Waals surface area (Å²) < 4.78 is 33.5. The lowest BCUT2D eigenvalue weighted by molar-refractivity contribution is 0.0741. The van der Waals surface area contributed by atoms with Gasteiger partial charge in [0.05, 0.1) is 23.8 Å². The maximum Gasteiger partial charge on any atom is 0.270 e. The highest BCUT2D eigenvalue weighted by atomic mass is 35.5. The lowest BCUT2D eigenvalue weighted by Crippen LogP contribution is -2.49. The Labute approximate surface area is 194 Å². The molecule has 33 heavy (non-hydrogen) atoms. The predicted molar refractivity (Wildman–Crippen MR) is 122 cm³/mol. The largest absolute Gasteiger partial charge is 0.493 e. The highest BCUT2D eigenvalue weighted by Crippen LogP contribution is 2.35. The van der Waals surface area contributed by atoms with Gasteiger partial charge in [0.1, 0.15) is 11.5 Å². The van der Waals surface area contributed by atoms with Gasteiger partial charge >= 0.3 is 0 Å². The van der Waals surface area contributed by atoms with Gasteiger partial charge in [-0.2, -0.15) is 0 Å². The van der Waals surface area contributed by atoms with E-state index in [2.05, 4.69) is 15.3 Å². The van der Waals surface area contributed by atoms with Crippen LogP contribution in [0, 0.1) is 11.6 Å². The lowest BCUT2D eigenvalue weighted by atomic mass is 9.95. The number of ether oxygens (including phenoxy) is 1. The van der Waals surface area contributed by atoms with Crippen LogP contribution in [0.3, 0.4) is 0 Å². The number of hydrogen-bond donors (Lipinski definition) is 2. The molecule has 2 aromatic heterocycles. The van der Waals surface area contributed by atoms with Gasteiger partial charge in [-0.3, -0.25) is 4.79 Å². The number of H-pyrrole nitrogens is 1. The average molecular weight is 476 g/mol. The Hall–Kier alpha value is -2.91. The molecule has 0 bridgehead atoms. The van der Waals surface area contributed by atoms with Gasteiger partial charge < -0.3 is 24.8 Å². The number of carbonyl (C=O) groups excluding carboxylic acids is 1. The Bertz CT molecular complexity index is 1200. The average Bonchev–Trinajstić information content (AvgIpc) is 3.52. The van der Waals surface area contributed by atoms with Gasteiger partial charge in [-0.1, -0.05) is 11.6 Å². The number of nitrogens with zero attached hydrogens (tertiary/aromatic N) is 3. The van der Waals surface area contributed by atoms with Crippen molar-refractivity contribution in [3.8, 4) is 5.75 Å². The van der Waals surface area contributed by atoms with Gasteiger partial charge in [0.25, 0.3) is 5.91 Å². The number of rotatable bonds is 4. The van der Waals surface area contributed by atoms with Crippen LogP contribution in [0.1, 0.15) is 28.4 Å². The number of carbonyl (C=O) groups is 1. The van der Waals surface area contributed by atoms with E-state index in [1.54, 1.807) is 17.0 Å². The number of pyridine rings is 1. The molecular formula is C23H24ClF2N5O2. The normalized spacial score (nSPS) is 18.8. The Kier molecular flexibility index (Phi) is 5.84. The van der Waals surface area contributed by atoms with E-state index in [4.69, 9.17) is 16.3 Å². The fraction of sp³-hybridized carbons (Fsp3) is 0.391. The molecule has 10 heteroatoms. The standard InChI is InChI=1S/C23H24ClF2N5O2/c1-33-19-8-14(25)12-28-22(19)30-4-6-31(7-5-30)23(32)18-10-16-15(13-2-3-27-11-13)9-17(24)20(26)21(16)29-18/h8-10,12-13,27,29H,2-7,11H2,1H3. The minimum absolute atomic E-state index is 0.0552. The van der Waals surface area contributed by atoms with Crippen molar-refractivity contribution in [3.05, 3.63) is 52.3 Å². The third kappa shape index (κ3) is 4.00. The van der Waals surface area contributed by atoms with Crippen LogP contribution in [0.25, 0.3) is 10.9 Å². The number of halogens is 3. The number of nitrogens with one attached hydrogen (secondary N) is 2. The zero-order chi connectivity index (χ0) is 23.1. The van der Waals surface area contributed by atoms with Crippen LogP contribution in [0.2, 0.25) is 5.02 Å². The molecule has 0 spiro atoms. The van der Waals surface area contributed by atoms with Gasteiger partial charge in [-0.25, -0.2) is 13.8 Å². The van der Waals surface area contributed by atoms with Crippen LogP contribution in [-0.4, -0.2) is 67.2 Å². The summed E-state index contributed by atoms with van der Waals surface area (Å²) in [6, 6.07) is 4.71. The molecule has 2 N–H and O–H groups in total. The molecule has 0 saturated carbocycles. The molecular weight excluding hydrogens is 452 g/mol. The molecule has 1 aromatic carbocycles. The van der Waals surface area contributed by atoms with E-state index in [0.29, 0.717) is 48.8 Å². The first-order valence-corrected chi connectivity index (χ1v) is 11.3. The van der Waals surface area contributed by atoms with Crippen molar-refractivity contribution < 1.29 is 18.3 Å². The van der Waals surface area contributed by atoms with Crippen molar-refractivity contribution in [2.75, 3.05) is 51.3 Å². The fourth-order valence-electron chi connectivity index (χ4n) is 4.72. The number of hydrogen-bond acceptors (Lipinski definition) is 5. The fourth-order valence-corrected chi connectivity index (χ4v) is 4.93. The molecule has 0 radical (unpaired) electrons. The first-order chi connectivity index (χ1) is 16.0. The second-order valence-electron chi connectivity index (χ2n) is 8.38. The summed E-state index contributed by atoms with van der Waals surface area (Å²) in [6.07, 6.45) is 2.09. The highest BCUT2D eigenvalue weighted by Gasteiger charge is 2.28. The number of aromatic amines is 1. The summed E-state index contributed by atoms with van der Waals surface area (Å²) in [5, 5.41) is 4.07. The van der Waals surface area contributed by atoms with Crippen LogP contribution in [-0.2, 0) is 0 Å². The van der Waals surface area contributed by atoms with Crippen LogP contribution >= 0.6 is 11.6 Å². The number of aromatic nitrogens is 2. The smallest absolute Gasteiger partial charge is 0.270 e. The molecule has 5 rings (SSSR count).